The molecule has 3 unspecified atom stereocenters. The number of phosphoric ester groups is 1. The van der Waals surface area contributed by atoms with E-state index in [1.165, 1.54) is 77.0 Å². The van der Waals surface area contributed by atoms with E-state index in [-0.39, 0.29) is 25.7 Å². The van der Waals surface area contributed by atoms with Crippen LogP contribution in [0.5, 0.6) is 0 Å². The molecule has 0 aromatic carbocycles. The Morgan fingerprint density at radius 1 is 0.717 bits per heavy atom. The van der Waals surface area contributed by atoms with Gasteiger partial charge in [0.25, 0.3) is 0 Å². The Kier molecular flexibility index (Phi) is 33.1. The number of unbranched alkanes of at least 4 members (excludes halogenated alkanes) is 19. The van der Waals surface area contributed by atoms with E-state index in [0.29, 0.717) is 12.8 Å². The largest absolute Gasteiger partial charge is 0.472 e. The number of allylic oxidation sites excluding steroid dienone is 4. The molecule has 0 rings (SSSR count). The third kappa shape index (κ3) is 31.6. The molecule has 0 fully saturated rings. The van der Waals surface area contributed by atoms with Crippen LogP contribution in [-0.2, 0) is 18.4 Å². The molecular weight excluding hydrogens is 599 g/mol. The average Bonchev–Trinajstić information content (AvgIpc) is 3.04. The zero-order valence-electron chi connectivity index (χ0n) is 29.8. The van der Waals surface area contributed by atoms with E-state index in [4.69, 9.17) is 14.8 Å². The van der Waals surface area contributed by atoms with Gasteiger partial charge in [0.05, 0.1) is 25.4 Å². The molecule has 5 N–H and O–H groups in total. The number of carbonyl (C=O) groups is 1. The van der Waals surface area contributed by atoms with Gasteiger partial charge in [-0.1, -0.05) is 154 Å². The summed E-state index contributed by atoms with van der Waals surface area (Å²) in [6, 6.07) is -0.778. The summed E-state index contributed by atoms with van der Waals surface area (Å²) >= 11 is 0. The minimum atomic E-state index is -4.31. The first kappa shape index (κ1) is 45.0. The molecule has 0 bridgehead atoms. The fourth-order valence-electron chi connectivity index (χ4n) is 5.41. The Bertz CT molecular complexity index is 779. The first-order chi connectivity index (χ1) is 22.4. The Hall–Kier alpha value is -1.02. The van der Waals surface area contributed by atoms with E-state index in [1.54, 1.807) is 0 Å². The molecule has 8 nitrogen and oxygen atoms in total. The highest BCUT2D eigenvalue weighted by molar-refractivity contribution is 7.47. The van der Waals surface area contributed by atoms with E-state index in [0.717, 1.165) is 70.6 Å². The smallest absolute Gasteiger partial charge is 0.391 e. The standard InChI is InChI=1S/C37H73N2O6P/c1-3-5-7-9-11-13-15-17-19-20-22-24-26-28-30-36(40)35(34-45-46(42,43)44-33-32-38)39-37(41)31-29-27-25-23-21-18-16-14-12-10-8-6-4-2/h8,10,14,16,35-36,40H,3-7,9,11-13,15,17-34,38H2,1-2H3,(H,39,41)(H,42,43)/b10-8-,16-14-. The predicted molar refractivity (Wildman–Crippen MR) is 194 cm³/mol. The van der Waals surface area contributed by atoms with Crippen molar-refractivity contribution in [3.63, 3.8) is 0 Å². The van der Waals surface area contributed by atoms with Crippen molar-refractivity contribution in [3.8, 4) is 0 Å². The zero-order chi connectivity index (χ0) is 34.0. The normalized spacial score (nSPS) is 14.6. The quantitative estimate of drug-likeness (QED) is 0.0299. The van der Waals surface area contributed by atoms with Crippen LogP contribution >= 0.6 is 7.82 Å². The molecule has 3 atom stereocenters. The van der Waals surface area contributed by atoms with Gasteiger partial charge in [-0.25, -0.2) is 4.57 Å². The van der Waals surface area contributed by atoms with Crippen molar-refractivity contribution in [1.29, 1.82) is 0 Å². The van der Waals surface area contributed by atoms with Gasteiger partial charge in [0, 0.05) is 13.0 Å². The van der Waals surface area contributed by atoms with Crippen molar-refractivity contribution in [1.82, 2.24) is 5.32 Å². The number of hydrogen-bond donors (Lipinski definition) is 4. The molecule has 0 saturated heterocycles. The molecule has 0 saturated carbocycles. The number of nitrogens with one attached hydrogen (secondary N) is 1. The summed E-state index contributed by atoms with van der Waals surface area (Å²) in [6.45, 7) is 4.12. The molecule has 0 aliphatic rings. The van der Waals surface area contributed by atoms with Gasteiger partial charge < -0.3 is 21.1 Å². The SMILES string of the molecule is CCC/C=C\C/C=C\CCCCCCCC(=O)NC(COP(=O)(O)OCCN)C(O)CCCCCCCCCCCCCCCC. The minimum Gasteiger partial charge on any atom is -0.391 e. The second-order valence-electron chi connectivity index (χ2n) is 12.8. The maximum Gasteiger partial charge on any atom is 0.472 e. The van der Waals surface area contributed by atoms with Gasteiger partial charge in [-0.05, 0) is 38.5 Å². The highest BCUT2D eigenvalue weighted by Gasteiger charge is 2.27. The molecule has 0 aromatic heterocycles. The third-order valence-electron chi connectivity index (χ3n) is 8.29. The Morgan fingerprint density at radius 3 is 1.80 bits per heavy atom. The van der Waals surface area contributed by atoms with E-state index in [1.807, 2.05) is 0 Å². The number of phosphoric acid groups is 1. The predicted octanol–water partition coefficient (Wildman–Crippen LogP) is 9.83. The van der Waals surface area contributed by atoms with Crippen molar-refractivity contribution in [2.45, 2.75) is 187 Å². The highest BCUT2D eigenvalue weighted by Crippen LogP contribution is 2.43. The number of aliphatic hydroxyl groups excluding tert-OH is 1. The summed E-state index contributed by atoms with van der Waals surface area (Å²) in [7, 11) is -4.31. The van der Waals surface area contributed by atoms with E-state index < -0.39 is 20.0 Å². The third-order valence-corrected chi connectivity index (χ3v) is 9.27. The summed E-state index contributed by atoms with van der Waals surface area (Å²) < 4.78 is 22.1. The van der Waals surface area contributed by atoms with Crippen LogP contribution in [0, 0.1) is 0 Å². The van der Waals surface area contributed by atoms with Gasteiger partial charge in [0.15, 0.2) is 0 Å². The molecule has 1 amide bonds. The van der Waals surface area contributed by atoms with Crippen molar-refractivity contribution in [3.05, 3.63) is 24.3 Å². The van der Waals surface area contributed by atoms with Gasteiger partial charge in [-0.3, -0.25) is 13.8 Å². The second kappa shape index (κ2) is 33.9. The van der Waals surface area contributed by atoms with E-state index in [2.05, 4.69) is 43.5 Å². The Labute approximate surface area is 283 Å². The van der Waals surface area contributed by atoms with Crippen LogP contribution in [0.1, 0.15) is 174 Å². The monoisotopic (exact) mass is 673 g/mol. The molecule has 272 valence electrons. The molecule has 0 spiro atoms. The van der Waals surface area contributed by atoms with Crippen LogP contribution < -0.4 is 11.1 Å². The lowest BCUT2D eigenvalue weighted by Gasteiger charge is -2.25. The molecule has 46 heavy (non-hydrogen) atoms. The molecule has 0 aliphatic heterocycles. The lowest BCUT2D eigenvalue weighted by atomic mass is 10.0. The summed E-state index contributed by atoms with van der Waals surface area (Å²) in [5.41, 5.74) is 5.36. The van der Waals surface area contributed by atoms with Gasteiger partial charge in [0.1, 0.15) is 0 Å². The van der Waals surface area contributed by atoms with Crippen LogP contribution in [0.3, 0.4) is 0 Å². The molecule has 0 aromatic rings. The Morgan fingerprint density at radius 2 is 1.24 bits per heavy atom. The lowest BCUT2D eigenvalue weighted by molar-refractivity contribution is -0.123. The van der Waals surface area contributed by atoms with Crippen molar-refractivity contribution < 1.29 is 28.4 Å². The fraction of sp³-hybridized carbons (Fsp3) is 0.865. The maximum absolute atomic E-state index is 12.7. The van der Waals surface area contributed by atoms with Crippen LogP contribution in [-0.4, -0.2) is 47.8 Å². The summed E-state index contributed by atoms with van der Waals surface area (Å²) in [5, 5.41) is 13.7. The first-order valence-corrected chi connectivity index (χ1v) is 20.4. The van der Waals surface area contributed by atoms with E-state index >= 15 is 0 Å². The number of carbonyl (C=O) groups excluding carboxylic acids is 1. The fourth-order valence-corrected chi connectivity index (χ4v) is 6.17. The van der Waals surface area contributed by atoms with Gasteiger partial charge >= 0.3 is 7.82 Å². The number of nitrogens with two attached hydrogens (primary N) is 1. The number of amides is 1. The van der Waals surface area contributed by atoms with Crippen LogP contribution in [0.15, 0.2) is 24.3 Å². The van der Waals surface area contributed by atoms with Gasteiger partial charge in [-0.2, -0.15) is 0 Å². The molecule has 0 aliphatic carbocycles. The summed E-state index contributed by atoms with van der Waals surface area (Å²) in [6.07, 6.45) is 36.0. The second-order valence-corrected chi connectivity index (χ2v) is 14.2. The van der Waals surface area contributed by atoms with Gasteiger partial charge in [-0.15, -0.1) is 0 Å². The first-order valence-electron chi connectivity index (χ1n) is 19.0. The van der Waals surface area contributed by atoms with E-state index in [9.17, 15) is 19.4 Å². The lowest BCUT2D eigenvalue weighted by Crippen LogP contribution is -2.46. The number of rotatable bonds is 35. The van der Waals surface area contributed by atoms with Crippen molar-refractivity contribution >= 4 is 13.7 Å². The topological polar surface area (TPSA) is 131 Å². The average molecular weight is 673 g/mol. The molecular formula is C37H73N2O6P. The Balaban J connectivity index is 4.27. The van der Waals surface area contributed by atoms with Gasteiger partial charge in [0.2, 0.25) is 5.91 Å². The van der Waals surface area contributed by atoms with Crippen LogP contribution in [0.2, 0.25) is 0 Å². The van der Waals surface area contributed by atoms with Crippen molar-refractivity contribution in [2.24, 2.45) is 5.73 Å². The molecule has 0 heterocycles. The molecule has 9 heteroatoms. The molecule has 0 radical (unpaired) electrons. The van der Waals surface area contributed by atoms with Crippen LogP contribution in [0.25, 0.3) is 0 Å². The van der Waals surface area contributed by atoms with Crippen molar-refractivity contribution in [2.75, 3.05) is 19.8 Å². The minimum absolute atomic E-state index is 0.0866. The highest BCUT2D eigenvalue weighted by atomic mass is 31.2. The summed E-state index contributed by atoms with van der Waals surface area (Å²) in [4.78, 5) is 22.6. The van der Waals surface area contributed by atoms with Crippen LogP contribution in [0.4, 0.5) is 0 Å². The maximum atomic E-state index is 12.7. The number of hydrogen-bond acceptors (Lipinski definition) is 6. The number of aliphatic hydroxyl groups is 1. The zero-order valence-corrected chi connectivity index (χ0v) is 30.7. The summed E-state index contributed by atoms with van der Waals surface area (Å²) in [5.74, 6) is -0.177.